The van der Waals surface area contributed by atoms with Crippen LogP contribution in [0.2, 0.25) is 5.02 Å². The zero-order chi connectivity index (χ0) is 24.2. The second-order valence-electron chi connectivity index (χ2n) is 8.81. The minimum atomic E-state index is -4.42. The van der Waals surface area contributed by atoms with Gasteiger partial charge in [-0.15, -0.1) is 0 Å². The smallest absolute Gasteiger partial charge is 0.344 e. The van der Waals surface area contributed by atoms with E-state index in [-0.39, 0.29) is 18.2 Å². The summed E-state index contributed by atoms with van der Waals surface area (Å²) in [6.07, 6.45) is -2.85. The number of carbonyl (C=O) groups is 2. The van der Waals surface area contributed by atoms with Gasteiger partial charge in [-0.1, -0.05) is 49.7 Å². The molecular weight excluding hydrogens is 453 g/mol. The van der Waals surface area contributed by atoms with Crippen LogP contribution in [0.15, 0.2) is 48.5 Å². The van der Waals surface area contributed by atoms with E-state index in [2.05, 4.69) is 5.32 Å². The molecule has 1 fully saturated rings. The van der Waals surface area contributed by atoms with E-state index in [1.54, 1.807) is 4.90 Å². The van der Waals surface area contributed by atoms with Crippen LogP contribution in [0.1, 0.15) is 49.3 Å². The van der Waals surface area contributed by atoms with Crippen LogP contribution in [-0.2, 0) is 22.2 Å². The molecule has 0 bridgehead atoms. The van der Waals surface area contributed by atoms with Gasteiger partial charge in [-0.3, -0.25) is 9.59 Å². The lowest BCUT2D eigenvalue weighted by Crippen LogP contribution is -2.53. The highest BCUT2D eigenvalue weighted by molar-refractivity contribution is 6.30. The van der Waals surface area contributed by atoms with E-state index in [9.17, 15) is 22.8 Å². The molecule has 1 aliphatic rings. The van der Waals surface area contributed by atoms with Gasteiger partial charge in [-0.2, -0.15) is 13.2 Å². The van der Waals surface area contributed by atoms with Crippen molar-refractivity contribution < 1.29 is 22.8 Å². The largest absolute Gasteiger partial charge is 0.416 e. The number of benzene rings is 2. The van der Waals surface area contributed by atoms with Gasteiger partial charge in [0.25, 0.3) is 0 Å². The fraction of sp³-hybridized carbons (Fsp3) is 0.440. The van der Waals surface area contributed by atoms with E-state index in [0.717, 1.165) is 25.0 Å². The van der Waals surface area contributed by atoms with Gasteiger partial charge >= 0.3 is 6.18 Å². The monoisotopic (exact) mass is 480 g/mol. The SMILES string of the molecule is CC(C)C(NC(=O)Cc1ccc(C(F)(F)F)cc1)C(=O)N1CCC(c2ccc(Cl)cc2)CC1. The average molecular weight is 481 g/mol. The summed E-state index contributed by atoms with van der Waals surface area (Å²) in [4.78, 5) is 27.5. The van der Waals surface area contributed by atoms with Gasteiger partial charge in [0.15, 0.2) is 0 Å². The molecule has 178 valence electrons. The molecule has 4 nitrogen and oxygen atoms in total. The van der Waals surface area contributed by atoms with E-state index in [1.165, 1.54) is 17.7 Å². The van der Waals surface area contributed by atoms with Crippen LogP contribution >= 0.6 is 11.6 Å². The molecule has 2 aromatic rings. The summed E-state index contributed by atoms with van der Waals surface area (Å²) >= 11 is 5.96. The molecule has 3 rings (SSSR count). The summed E-state index contributed by atoms with van der Waals surface area (Å²) < 4.78 is 38.2. The quantitative estimate of drug-likeness (QED) is 0.597. The van der Waals surface area contributed by atoms with E-state index in [1.807, 2.05) is 38.1 Å². The maximum Gasteiger partial charge on any atom is 0.416 e. The lowest BCUT2D eigenvalue weighted by Gasteiger charge is -2.35. The number of nitrogens with zero attached hydrogens (tertiary/aromatic N) is 1. The molecule has 0 spiro atoms. The number of likely N-dealkylation sites (tertiary alicyclic amines) is 1. The van der Waals surface area contributed by atoms with Gasteiger partial charge in [0.2, 0.25) is 11.8 Å². The van der Waals surface area contributed by atoms with Crippen LogP contribution in [0.3, 0.4) is 0 Å². The average Bonchev–Trinajstić information content (AvgIpc) is 2.77. The third-order valence-electron chi connectivity index (χ3n) is 6.04. The molecule has 33 heavy (non-hydrogen) atoms. The Morgan fingerprint density at radius 1 is 1.03 bits per heavy atom. The highest BCUT2D eigenvalue weighted by atomic mass is 35.5. The standard InChI is InChI=1S/C25H28ClF3N2O2/c1-16(2)23(30-22(32)15-17-3-7-20(8-4-17)25(27,28)29)24(33)31-13-11-19(12-14-31)18-5-9-21(26)10-6-18/h3-10,16,19,23H,11-15H2,1-2H3,(H,30,32). The molecule has 1 N–H and O–H groups in total. The molecule has 0 aromatic heterocycles. The minimum absolute atomic E-state index is 0.0900. The number of piperidine rings is 1. The lowest BCUT2D eigenvalue weighted by molar-refractivity contribution is -0.138. The Kier molecular flexibility index (Phi) is 8.05. The first-order valence-electron chi connectivity index (χ1n) is 11.0. The Hall–Kier alpha value is -2.54. The van der Waals surface area contributed by atoms with E-state index < -0.39 is 23.7 Å². The Morgan fingerprint density at radius 3 is 2.12 bits per heavy atom. The number of carbonyl (C=O) groups excluding carboxylic acids is 2. The molecule has 1 aliphatic heterocycles. The van der Waals surface area contributed by atoms with Crippen molar-refractivity contribution in [3.8, 4) is 0 Å². The molecule has 1 heterocycles. The summed E-state index contributed by atoms with van der Waals surface area (Å²) in [6.45, 7) is 4.93. The highest BCUT2D eigenvalue weighted by Gasteiger charge is 2.32. The lowest BCUT2D eigenvalue weighted by atomic mass is 9.89. The molecular formula is C25H28ClF3N2O2. The number of amides is 2. The van der Waals surface area contributed by atoms with Crippen LogP contribution in [0, 0.1) is 5.92 Å². The van der Waals surface area contributed by atoms with Gasteiger partial charge < -0.3 is 10.2 Å². The predicted molar refractivity (Wildman–Crippen MR) is 122 cm³/mol. The van der Waals surface area contributed by atoms with E-state index >= 15 is 0 Å². The van der Waals surface area contributed by atoms with Gasteiger partial charge in [-0.25, -0.2) is 0 Å². The number of halogens is 4. The zero-order valence-electron chi connectivity index (χ0n) is 18.7. The second kappa shape index (κ2) is 10.6. The molecule has 1 unspecified atom stereocenters. The maximum absolute atomic E-state index is 13.1. The first-order chi connectivity index (χ1) is 15.5. The topological polar surface area (TPSA) is 49.4 Å². The van der Waals surface area contributed by atoms with Crippen molar-refractivity contribution in [1.82, 2.24) is 10.2 Å². The van der Waals surface area contributed by atoms with Gasteiger partial charge in [0.05, 0.1) is 12.0 Å². The Morgan fingerprint density at radius 2 is 1.61 bits per heavy atom. The van der Waals surface area contributed by atoms with Crippen LogP contribution in [0.5, 0.6) is 0 Å². The number of hydrogen-bond donors (Lipinski definition) is 1. The van der Waals surface area contributed by atoms with Crippen molar-refractivity contribution in [1.29, 1.82) is 0 Å². The first kappa shape index (κ1) is 25.1. The fourth-order valence-corrected chi connectivity index (χ4v) is 4.23. The number of rotatable bonds is 6. The van der Waals surface area contributed by atoms with Crippen molar-refractivity contribution >= 4 is 23.4 Å². The Labute approximate surface area is 197 Å². The summed E-state index contributed by atoms with van der Waals surface area (Å²) in [6, 6.07) is 11.6. The van der Waals surface area contributed by atoms with Crippen LogP contribution < -0.4 is 5.32 Å². The van der Waals surface area contributed by atoms with Crippen LogP contribution in [0.4, 0.5) is 13.2 Å². The number of hydrogen-bond acceptors (Lipinski definition) is 2. The molecule has 2 aromatic carbocycles. The van der Waals surface area contributed by atoms with Gasteiger partial charge in [0.1, 0.15) is 6.04 Å². The van der Waals surface area contributed by atoms with Crippen molar-refractivity contribution in [2.45, 2.75) is 51.2 Å². The number of nitrogens with one attached hydrogen (secondary N) is 1. The maximum atomic E-state index is 13.1. The number of alkyl halides is 3. The summed E-state index contributed by atoms with van der Waals surface area (Å²) in [5.41, 5.74) is 0.903. The van der Waals surface area contributed by atoms with Gasteiger partial charge in [0, 0.05) is 18.1 Å². The molecule has 1 saturated heterocycles. The summed E-state index contributed by atoms with van der Waals surface area (Å²) in [5.74, 6) is -0.278. The molecule has 0 radical (unpaired) electrons. The van der Waals surface area contributed by atoms with Crippen LogP contribution in [0.25, 0.3) is 0 Å². The Balaban J connectivity index is 1.56. The summed E-state index contributed by atoms with van der Waals surface area (Å²) in [7, 11) is 0. The van der Waals surface area contributed by atoms with E-state index in [0.29, 0.717) is 29.6 Å². The van der Waals surface area contributed by atoms with Gasteiger partial charge in [-0.05, 0) is 60.1 Å². The summed E-state index contributed by atoms with van der Waals surface area (Å²) in [5, 5.41) is 3.48. The Bertz CT molecular complexity index is 951. The van der Waals surface area contributed by atoms with Crippen molar-refractivity contribution in [2.24, 2.45) is 5.92 Å². The third-order valence-corrected chi connectivity index (χ3v) is 6.30. The predicted octanol–water partition coefficient (Wildman–Crippen LogP) is 5.45. The molecule has 0 saturated carbocycles. The highest BCUT2D eigenvalue weighted by Crippen LogP contribution is 2.30. The van der Waals surface area contributed by atoms with Crippen LogP contribution in [-0.4, -0.2) is 35.8 Å². The molecule has 8 heteroatoms. The molecule has 2 amide bonds. The van der Waals surface area contributed by atoms with Crippen molar-refractivity contribution in [3.05, 3.63) is 70.2 Å². The fourth-order valence-electron chi connectivity index (χ4n) is 4.10. The third kappa shape index (κ3) is 6.73. The molecule has 0 aliphatic carbocycles. The first-order valence-corrected chi connectivity index (χ1v) is 11.4. The normalized spacial score (nSPS) is 16.0. The van der Waals surface area contributed by atoms with Crippen molar-refractivity contribution in [2.75, 3.05) is 13.1 Å². The second-order valence-corrected chi connectivity index (χ2v) is 9.25. The van der Waals surface area contributed by atoms with Crippen molar-refractivity contribution in [3.63, 3.8) is 0 Å². The molecule has 1 atom stereocenters. The minimum Gasteiger partial charge on any atom is -0.344 e. The zero-order valence-corrected chi connectivity index (χ0v) is 19.4. The van der Waals surface area contributed by atoms with E-state index in [4.69, 9.17) is 11.6 Å².